The molecule has 2 aliphatic rings. The summed E-state index contributed by atoms with van der Waals surface area (Å²) in [6.07, 6.45) is 9.79. The molecule has 1 aromatic carbocycles. The van der Waals surface area contributed by atoms with E-state index in [0.717, 1.165) is 12.8 Å². The van der Waals surface area contributed by atoms with Crippen LogP contribution in [0.5, 0.6) is 0 Å². The average molecular weight is 258 g/mol. The zero-order chi connectivity index (χ0) is 13.3. The maximum absolute atomic E-state index is 11.4. The predicted molar refractivity (Wildman–Crippen MR) is 79.2 cm³/mol. The summed E-state index contributed by atoms with van der Waals surface area (Å²) >= 11 is 0. The summed E-state index contributed by atoms with van der Waals surface area (Å²) < 4.78 is 0. The molecule has 2 unspecified atom stereocenters. The lowest BCUT2D eigenvalue weighted by atomic mass is 9.67. The van der Waals surface area contributed by atoms with Gasteiger partial charge < -0.3 is 5.11 Å². The molecule has 2 aliphatic carbocycles. The molecule has 0 spiro atoms. The van der Waals surface area contributed by atoms with Gasteiger partial charge in [-0.3, -0.25) is 0 Å². The van der Waals surface area contributed by atoms with Crippen molar-refractivity contribution in [3.05, 3.63) is 35.4 Å². The Morgan fingerprint density at radius 1 is 1.00 bits per heavy atom. The van der Waals surface area contributed by atoms with E-state index in [4.69, 9.17) is 0 Å². The molecule has 0 aromatic heterocycles. The summed E-state index contributed by atoms with van der Waals surface area (Å²) in [5.41, 5.74) is 2.08. The lowest BCUT2D eigenvalue weighted by Crippen LogP contribution is -2.39. The molecule has 1 fully saturated rings. The van der Waals surface area contributed by atoms with Gasteiger partial charge in [0.1, 0.15) is 0 Å². The van der Waals surface area contributed by atoms with Crippen LogP contribution in [0.2, 0.25) is 0 Å². The van der Waals surface area contributed by atoms with Crippen molar-refractivity contribution in [3.8, 4) is 0 Å². The highest BCUT2D eigenvalue weighted by Crippen LogP contribution is 2.48. The van der Waals surface area contributed by atoms with Gasteiger partial charge >= 0.3 is 0 Å². The van der Waals surface area contributed by atoms with Crippen molar-refractivity contribution in [2.75, 3.05) is 0 Å². The van der Waals surface area contributed by atoms with E-state index in [2.05, 4.69) is 31.2 Å². The van der Waals surface area contributed by atoms with Crippen molar-refractivity contribution in [2.45, 2.75) is 69.8 Å². The number of aliphatic hydroxyl groups is 1. The largest absolute Gasteiger partial charge is 0.385 e. The fourth-order valence-electron chi connectivity index (χ4n) is 4.23. The normalized spacial score (nSPS) is 32.6. The zero-order valence-corrected chi connectivity index (χ0v) is 12.1. The van der Waals surface area contributed by atoms with E-state index in [1.54, 1.807) is 0 Å². The first kappa shape index (κ1) is 13.2. The molecule has 19 heavy (non-hydrogen) atoms. The van der Waals surface area contributed by atoms with Crippen molar-refractivity contribution < 1.29 is 5.11 Å². The van der Waals surface area contributed by atoms with Crippen LogP contribution in [-0.2, 0) is 5.60 Å². The van der Waals surface area contributed by atoms with E-state index in [1.165, 1.54) is 49.7 Å². The number of fused-ring (bicyclic) bond motifs is 1. The Hall–Kier alpha value is -0.820. The molecule has 0 aliphatic heterocycles. The highest BCUT2D eigenvalue weighted by Gasteiger charge is 2.42. The molecule has 0 radical (unpaired) electrons. The highest BCUT2D eigenvalue weighted by molar-refractivity contribution is 5.37. The summed E-state index contributed by atoms with van der Waals surface area (Å²) in [4.78, 5) is 0. The van der Waals surface area contributed by atoms with Crippen LogP contribution in [0.25, 0.3) is 0 Å². The number of hydrogen-bond acceptors (Lipinski definition) is 1. The van der Waals surface area contributed by atoms with Crippen molar-refractivity contribution in [2.24, 2.45) is 5.92 Å². The van der Waals surface area contributed by atoms with E-state index >= 15 is 0 Å². The Balaban J connectivity index is 1.97. The van der Waals surface area contributed by atoms with Gasteiger partial charge in [0.15, 0.2) is 0 Å². The molecule has 1 heteroatoms. The van der Waals surface area contributed by atoms with E-state index < -0.39 is 5.60 Å². The van der Waals surface area contributed by atoms with E-state index in [-0.39, 0.29) is 0 Å². The second-order valence-corrected chi connectivity index (χ2v) is 6.64. The standard InChI is InChI=1S/C18H26O/c1-14-12-13-18(19,15-8-4-2-3-5-9-15)17-11-7-6-10-16(14)17/h6-7,10-11,14-15,19H,2-5,8-9,12-13H2,1H3. The first-order chi connectivity index (χ1) is 9.22. The van der Waals surface area contributed by atoms with Crippen LogP contribution in [0.1, 0.15) is 75.3 Å². The van der Waals surface area contributed by atoms with Gasteiger partial charge in [-0.25, -0.2) is 0 Å². The summed E-state index contributed by atoms with van der Waals surface area (Å²) in [5, 5.41) is 11.4. The van der Waals surface area contributed by atoms with Crippen LogP contribution >= 0.6 is 0 Å². The van der Waals surface area contributed by atoms with Crippen molar-refractivity contribution in [3.63, 3.8) is 0 Å². The predicted octanol–water partition coefficient (Wildman–Crippen LogP) is 4.74. The van der Waals surface area contributed by atoms with Gasteiger partial charge in [0.25, 0.3) is 0 Å². The first-order valence-corrected chi connectivity index (χ1v) is 8.03. The summed E-state index contributed by atoms with van der Waals surface area (Å²) in [6, 6.07) is 8.61. The molecule has 104 valence electrons. The number of benzene rings is 1. The van der Waals surface area contributed by atoms with E-state index in [9.17, 15) is 5.11 Å². The highest BCUT2D eigenvalue weighted by atomic mass is 16.3. The van der Waals surface area contributed by atoms with Crippen LogP contribution < -0.4 is 0 Å². The van der Waals surface area contributed by atoms with Gasteiger partial charge in [0.2, 0.25) is 0 Å². The van der Waals surface area contributed by atoms with Crippen LogP contribution in [-0.4, -0.2) is 5.11 Å². The second-order valence-electron chi connectivity index (χ2n) is 6.64. The van der Waals surface area contributed by atoms with E-state index in [1.807, 2.05) is 0 Å². The third kappa shape index (κ3) is 2.33. The molecule has 1 N–H and O–H groups in total. The van der Waals surface area contributed by atoms with Gasteiger partial charge in [0.05, 0.1) is 5.60 Å². The second kappa shape index (κ2) is 5.28. The third-order valence-corrected chi connectivity index (χ3v) is 5.45. The molecule has 3 rings (SSSR count). The molecular formula is C18H26O. The zero-order valence-electron chi connectivity index (χ0n) is 12.1. The topological polar surface area (TPSA) is 20.2 Å². The smallest absolute Gasteiger partial charge is 0.0927 e. The fourth-order valence-corrected chi connectivity index (χ4v) is 4.23. The Labute approximate surface area is 117 Å². The van der Waals surface area contributed by atoms with Crippen LogP contribution in [0.3, 0.4) is 0 Å². The lowest BCUT2D eigenvalue weighted by Gasteiger charge is -2.42. The van der Waals surface area contributed by atoms with Gasteiger partial charge in [-0.2, -0.15) is 0 Å². The maximum Gasteiger partial charge on any atom is 0.0927 e. The molecule has 1 nitrogen and oxygen atoms in total. The molecule has 0 saturated heterocycles. The molecule has 0 bridgehead atoms. The number of rotatable bonds is 1. The molecule has 0 heterocycles. The van der Waals surface area contributed by atoms with Crippen molar-refractivity contribution in [1.82, 2.24) is 0 Å². The van der Waals surface area contributed by atoms with Crippen LogP contribution in [0.4, 0.5) is 0 Å². The molecule has 0 amide bonds. The third-order valence-electron chi connectivity index (χ3n) is 5.45. The van der Waals surface area contributed by atoms with Crippen molar-refractivity contribution >= 4 is 0 Å². The molecule has 1 aromatic rings. The lowest BCUT2D eigenvalue weighted by molar-refractivity contribution is -0.0475. The van der Waals surface area contributed by atoms with Crippen LogP contribution in [0.15, 0.2) is 24.3 Å². The maximum atomic E-state index is 11.4. The van der Waals surface area contributed by atoms with Gasteiger partial charge in [-0.15, -0.1) is 0 Å². The van der Waals surface area contributed by atoms with Gasteiger partial charge in [-0.1, -0.05) is 56.9 Å². The Kier molecular flexibility index (Phi) is 3.66. The summed E-state index contributed by atoms with van der Waals surface area (Å²) in [6.45, 7) is 2.30. The Morgan fingerprint density at radius 2 is 1.68 bits per heavy atom. The quantitative estimate of drug-likeness (QED) is 0.721. The Bertz CT molecular complexity index is 431. The van der Waals surface area contributed by atoms with E-state index in [0.29, 0.717) is 11.8 Å². The summed E-state index contributed by atoms with van der Waals surface area (Å²) in [5.74, 6) is 1.07. The monoisotopic (exact) mass is 258 g/mol. The first-order valence-electron chi connectivity index (χ1n) is 8.03. The number of hydrogen-bond donors (Lipinski definition) is 1. The fraction of sp³-hybridized carbons (Fsp3) is 0.667. The average Bonchev–Trinajstić information content (AvgIpc) is 2.73. The Morgan fingerprint density at radius 3 is 2.42 bits per heavy atom. The van der Waals surface area contributed by atoms with Crippen molar-refractivity contribution in [1.29, 1.82) is 0 Å². The SMILES string of the molecule is CC1CCC(O)(C2CCCCCC2)c2ccccc21. The minimum absolute atomic E-state index is 0.476. The molecular weight excluding hydrogens is 232 g/mol. The van der Waals surface area contributed by atoms with Crippen LogP contribution in [0, 0.1) is 5.92 Å². The minimum Gasteiger partial charge on any atom is -0.385 e. The summed E-state index contributed by atoms with van der Waals surface area (Å²) in [7, 11) is 0. The molecule has 2 atom stereocenters. The minimum atomic E-state index is -0.548. The molecule has 1 saturated carbocycles. The van der Waals surface area contributed by atoms with Gasteiger partial charge in [-0.05, 0) is 48.6 Å². The van der Waals surface area contributed by atoms with Gasteiger partial charge in [0, 0.05) is 0 Å².